The number of carbonyl (C=O) groups is 2. The molecule has 0 aliphatic carbocycles. The van der Waals surface area contributed by atoms with Gasteiger partial charge in [0, 0.05) is 30.3 Å². The van der Waals surface area contributed by atoms with Crippen LogP contribution in [0.4, 0.5) is 13.2 Å². The molecule has 29 heavy (non-hydrogen) atoms. The first-order chi connectivity index (χ1) is 13.6. The van der Waals surface area contributed by atoms with Gasteiger partial charge in [0.2, 0.25) is 0 Å². The number of nitrogens with one attached hydrogen (secondary N) is 1. The Morgan fingerprint density at radius 3 is 2.38 bits per heavy atom. The van der Waals surface area contributed by atoms with Crippen LogP contribution in [0.25, 0.3) is 0 Å². The van der Waals surface area contributed by atoms with Crippen molar-refractivity contribution in [3.05, 3.63) is 68.6 Å². The van der Waals surface area contributed by atoms with E-state index in [4.69, 9.17) is 0 Å². The lowest BCUT2D eigenvalue weighted by Crippen LogP contribution is -2.44. The molecule has 154 valence electrons. The van der Waals surface area contributed by atoms with Crippen LogP contribution in [0.2, 0.25) is 0 Å². The summed E-state index contributed by atoms with van der Waals surface area (Å²) in [5.41, 5.74) is 0.164. The summed E-state index contributed by atoms with van der Waals surface area (Å²) in [6.45, 7) is 3.96. The molecule has 1 aliphatic rings. The van der Waals surface area contributed by atoms with Crippen molar-refractivity contribution in [3.63, 3.8) is 0 Å². The highest BCUT2D eigenvalue weighted by Gasteiger charge is 2.33. The van der Waals surface area contributed by atoms with Crippen LogP contribution in [-0.4, -0.2) is 34.7 Å². The Morgan fingerprint density at radius 2 is 1.79 bits per heavy atom. The molecule has 0 bridgehead atoms. The van der Waals surface area contributed by atoms with E-state index < -0.39 is 29.1 Å². The summed E-state index contributed by atoms with van der Waals surface area (Å²) in [5.74, 6) is -1.26. The van der Waals surface area contributed by atoms with E-state index in [1.165, 1.54) is 17.0 Å². The Kier molecular flexibility index (Phi) is 5.64. The fourth-order valence-corrected chi connectivity index (χ4v) is 3.71. The molecule has 1 aromatic heterocycles. The molecule has 8 heteroatoms. The van der Waals surface area contributed by atoms with E-state index >= 15 is 0 Å². The summed E-state index contributed by atoms with van der Waals surface area (Å²) in [6.07, 6.45) is -3.35. The average molecular weight is 406 g/mol. The van der Waals surface area contributed by atoms with Gasteiger partial charge >= 0.3 is 6.18 Å². The molecule has 5 nitrogen and oxygen atoms in total. The molecule has 1 amide bonds. The first-order valence-corrected chi connectivity index (χ1v) is 9.29. The van der Waals surface area contributed by atoms with Crippen molar-refractivity contribution < 1.29 is 22.8 Å². The lowest BCUT2D eigenvalue weighted by Gasteiger charge is -2.32. The number of pyridine rings is 1. The van der Waals surface area contributed by atoms with Gasteiger partial charge in [-0.3, -0.25) is 14.4 Å². The number of carbonyl (C=O) groups excluding carboxylic acids is 2. The number of aromatic nitrogens is 1. The summed E-state index contributed by atoms with van der Waals surface area (Å²) in [7, 11) is 0. The van der Waals surface area contributed by atoms with Crippen molar-refractivity contribution >= 4 is 11.7 Å². The molecule has 2 heterocycles. The van der Waals surface area contributed by atoms with E-state index in [-0.39, 0.29) is 23.5 Å². The van der Waals surface area contributed by atoms with Crippen LogP contribution >= 0.6 is 0 Å². The Balaban J connectivity index is 1.78. The van der Waals surface area contributed by atoms with E-state index in [1.807, 2.05) is 0 Å². The molecule has 1 saturated heterocycles. The predicted molar refractivity (Wildman–Crippen MR) is 101 cm³/mol. The van der Waals surface area contributed by atoms with E-state index in [9.17, 15) is 27.6 Å². The number of ketones is 1. The van der Waals surface area contributed by atoms with Gasteiger partial charge in [-0.15, -0.1) is 0 Å². The smallest absolute Gasteiger partial charge is 0.338 e. The van der Waals surface area contributed by atoms with Crippen molar-refractivity contribution in [3.8, 4) is 0 Å². The van der Waals surface area contributed by atoms with Gasteiger partial charge in [-0.2, -0.15) is 13.2 Å². The number of amides is 1. The fourth-order valence-electron chi connectivity index (χ4n) is 3.71. The quantitative estimate of drug-likeness (QED) is 0.790. The Labute approximate surface area is 165 Å². The zero-order valence-corrected chi connectivity index (χ0v) is 16.1. The van der Waals surface area contributed by atoms with Gasteiger partial charge in [-0.05, 0) is 50.5 Å². The number of alkyl halides is 3. The van der Waals surface area contributed by atoms with Crippen LogP contribution in [0, 0.1) is 19.8 Å². The number of likely N-dealkylation sites (tertiary alicyclic amines) is 1. The minimum Gasteiger partial charge on any atom is -0.338 e. The van der Waals surface area contributed by atoms with Crippen LogP contribution in [0.15, 0.2) is 35.1 Å². The van der Waals surface area contributed by atoms with E-state index in [2.05, 4.69) is 4.98 Å². The number of Topliss-reactive ketones (excluding diaryl/α,β-unsaturated/α-hetero) is 1. The second-order valence-corrected chi connectivity index (χ2v) is 7.37. The highest BCUT2D eigenvalue weighted by atomic mass is 19.4. The summed E-state index contributed by atoms with van der Waals surface area (Å²) >= 11 is 0. The molecular formula is C21H21F3N2O3. The molecule has 1 aliphatic heterocycles. The molecule has 1 fully saturated rings. The minimum absolute atomic E-state index is 0.0539. The first-order valence-electron chi connectivity index (χ1n) is 9.29. The number of H-pyrrole nitrogens is 1. The van der Waals surface area contributed by atoms with Crippen molar-refractivity contribution in [2.75, 3.05) is 13.1 Å². The number of benzene rings is 1. The van der Waals surface area contributed by atoms with Gasteiger partial charge in [0.15, 0.2) is 5.78 Å². The van der Waals surface area contributed by atoms with Crippen molar-refractivity contribution in [1.29, 1.82) is 0 Å². The zero-order chi connectivity index (χ0) is 21.3. The minimum atomic E-state index is -4.46. The lowest BCUT2D eigenvalue weighted by molar-refractivity contribution is -0.137. The van der Waals surface area contributed by atoms with Crippen LogP contribution < -0.4 is 5.56 Å². The normalized spacial score (nSPS) is 17.3. The van der Waals surface area contributed by atoms with Crippen molar-refractivity contribution in [2.24, 2.45) is 5.92 Å². The summed E-state index contributed by atoms with van der Waals surface area (Å²) in [4.78, 5) is 42.0. The largest absolute Gasteiger partial charge is 0.416 e. The number of aromatic amines is 1. The fraction of sp³-hybridized carbons (Fsp3) is 0.381. The Hall–Kier alpha value is -2.90. The monoisotopic (exact) mass is 406 g/mol. The number of aryl methyl sites for hydroxylation is 2. The maximum absolute atomic E-state index is 12.9. The number of hydrogen-bond acceptors (Lipinski definition) is 3. The number of halogens is 3. The molecule has 2 aromatic rings. The first kappa shape index (κ1) is 20.8. The van der Waals surface area contributed by atoms with Crippen LogP contribution in [0.5, 0.6) is 0 Å². The number of piperidine rings is 1. The van der Waals surface area contributed by atoms with Crippen molar-refractivity contribution in [1.82, 2.24) is 9.88 Å². The molecule has 1 N–H and O–H groups in total. The third-order valence-electron chi connectivity index (χ3n) is 5.16. The number of hydrogen-bond donors (Lipinski definition) is 1. The lowest BCUT2D eigenvalue weighted by atomic mass is 9.89. The predicted octanol–water partition coefficient (Wildman–Crippen LogP) is 3.75. The Bertz CT molecular complexity index is 994. The van der Waals surface area contributed by atoms with Gasteiger partial charge in [0.05, 0.1) is 5.56 Å². The van der Waals surface area contributed by atoms with Gasteiger partial charge < -0.3 is 9.88 Å². The molecular weight excluding hydrogens is 385 g/mol. The van der Waals surface area contributed by atoms with Gasteiger partial charge in [0.25, 0.3) is 11.5 Å². The van der Waals surface area contributed by atoms with Gasteiger partial charge in [-0.25, -0.2) is 0 Å². The molecule has 1 aromatic carbocycles. The molecule has 0 saturated carbocycles. The topological polar surface area (TPSA) is 70.2 Å². The second kappa shape index (κ2) is 7.85. The highest BCUT2D eigenvalue weighted by molar-refractivity contribution is 5.99. The second-order valence-electron chi connectivity index (χ2n) is 7.37. The maximum Gasteiger partial charge on any atom is 0.416 e. The molecule has 1 atom stereocenters. The SMILES string of the molecule is Cc1cc(C)c(C(=O)N2CCCC(C(=O)c3ccc(C(F)(F)F)cc3)C2)c(=O)[nH]1. The Morgan fingerprint density at radius 1 is 1.14 bits per heavy atom. The molecule has 0 spiro atoms. The van der Waals surface area contributed by atoms with Crippen LogP contribution in [0.1, 0.15) is 50.4 Å². The maximum atomic E-state index is 12.9. The third kappa shape index (κ3) is 4.41. The van der Waals surface area contributed by atoms with Crippen LogP contribution in [0.3, 0.4) is 0 Å². The van der Waals surface area contributed by atoms with Gasteiger partial charge in [0.1, 0.15) is 5.56 Å². The highest BCUT2D eigenvalue weighted by Crippen LogP contribution is 2.30. The molecule has 3 rings (SSSR count). The standard InChI is InChI=1S/C21H21F3N2O3/c1-12-10-13(2)25-19(28)17(12)20(29)26-9-3-4-15(11-26)18(27)14-5-7-16(8-6-14)21(22,23)24/h5-8,10,15H,3-4,9,11H2,1-2H3,(H,25,28). The number of rotatable bonds is 3. The molecule has 0 radical (unpaired) electrons. The number of nitrogens with zero attached hydrogens (tertiary/aromatic N) is 1. The average Bonchev–Trinajstić information content (AvgIpc) is 2.66. The van der Waals surface area contributed by atoms with Crippen molar-refractivity contribution in [2.45, 2.75) is 32.9 Å². The zero-order valence-electron chi connectivity index (χ0n) is 16.1. The summed E-state index contributed by atoms with van der Waals surface area (Å²) < 4.78 is 38.1. The third-order valence-corrected chi connectivity index (χ3v) is 5.16. The summed E-state index contributed by atoms with van der Waals surface area (Å²) in [5, 5.41) is 0. The van der Waals surface area contributed by atoms with E-state index in [0.29, 0.717) is 30.6 Å². The van der Waals surface area contributed by atoms with E-state index in [0.717, 1.165) is 12.1 Å². The van der Waals surface area contributed by atoms with Gasteiger partial charge in [-0.1, -0.05) is 12.1 Å². The van der Waals surface area contributed by atoms with Crippen LogP contribution in [-0.2, 0) is 6.18 Å². The van der Waals surface area contributed by atoms with E-state index in [1.54, 1.807) is 19.9 Å². The molecule has 1 unspecified atom stereocenters. The summed E-state index contributed by atoms with van der Waals surface area (Å²) in [6, 6.07) is 5.81.